The predicted molar refractivity (Wildman–Crippen MR) is 104 cm³/mol. The summed E-state index contributed by atoms with van der Waals surface area (Å²) in [6.07, 6.45) is 0. The lowest BCUT2D eigenvalue weighted by atomic mass is 9.70. The molecule has 2 N–H and O–H groups in total. The van der Waals surface area contributed by atoms with E-state index in [0.717, 1.165) is 27.9 Å². The van der Waals surface area contributed by atoms with E-state index in [4.69, 9.17) is 4.18 Å². The highest BCUT2D eigenvalue weighted by molar-refractivity contribution is 7.75. The van der Waals surface area contributed by atoms with Gasteiger partial charge in [-0.3, -0.25) is 4.79 Å². The van der Waals surface area contributed by atoms with Crippen LogP contribution in [0, 0.1) is 6.92 Å². The maximum absolute atomic E-state index is 13.3. The van der Waals surface area contributed by atoms with Crippen molar-refractivity contribution in [3.8, 4) is 11.5 Å². The third kappa shape index (κ3) is 2.35. The van der Waals surface area contributed by atoms with E-state index in [2.05, 4.69) is 18.2 Å². The zero-order valence-corrected chi connectivity index (χ0v) is 15.0. The summed E-state index contributed by atoms with van der Waals surface area (Å²) in [5, 5.41) is 12.7. The number of fused-ring (bicyclic) bond motifs is 1. The van der Waals surface area contributed by atoms with Crippen LogP contribution in [-0.4, -0.2) is 11.0 Å². The van der Waals surface area contributed by atoms with Crippen LogP contribution >= 0.6 is 12.9 Å². The van der Waals surface area contributed by atoms with Crippen molar-refractivity contribution in [3.63, 3.8) is 0 Å². The molecule has 1 heterocycles. The average molecular weight is 363 g/mol. The third-order valence-electron chi connectivity index (χ3n) is 4.86. The van der Waals surface area contributed by atoms with E-state index in [-0.39, 0.29) is 11.7 Å². The summed E-state index contributed by atoms with van der Waals surface area (Å²) >= 11 is 3.83. The number of aryl methyl sites for hydroxylation is 1. The minimum atomic E-state index is -0.996. The number of carbonyl (C=O) groups is 1. The van der Waals surface area contributed by atoms with E-state index >= 15 is 0 Å². The lowest BCUT2D eigenvalue weighted by Crippen LogP contribution is -2.37. The smallest absolute Gasteiger partial charge is 0.244 e. The van der Waals surface area contributed by atoms with Gasteiger partial charge in [-0.1, -0.05) is 42.0 Å². The van der Waals surface area contributed by atoms with Gasteiger partial charge in [0, 0.05) is 24.2 Å². The van der Waals surface area contributed by atoms with E-state index < -0.39 is 5.41 Å². The van der Waals surface area contributed by atoms with Crippen molar-refractivity contribution in [2.75, 3.05) is 5.32 Å². The number of aromatic hydroxyl groups is 1. The molecule has 1 aliphatic rings. The Labute approximate surface area is 157 Å². The Bertz CT molecular complexity index is 983. The van der Waals surface area contributed by atoms with Gasteiger partial charge < -0.3 is 14.6 Å². The first kappa shape index (κ1) is 16.5. The van der Waals surface area contributed by atoms with E-state index in [1.165, 1.54) is 0 Å². The first-order chi connectivity index (χ1) is 12.6. The quantitative estimate of drug-likeness (QED) is 0.483. The Hall–Kier alpha value is -2.92. The van der Waals surface area contributed by atoms with Crippen LogP contribution in [0.3, 0.4) is 0 Å². The number of phenolic OH excluding ortho intramolecular Hbond substituents is 1. The van der Waals surface area contributed by atoms with Gasteiger partial charge in [-0.05, 0) is 48.4 Å². The summed E-state index contributed by atoms with van der Waals surface area (Å²) in [4.78, 5) is 13.3. The number of benzene rings is 3. The number of hydrogen-bond acceptors (Lipinski definition) is 4. The molecular weight excluding hydrogens is 346 g/mol. The molecule has 0 saturated heterocycles. The molecule has 0 spiro atoms. The molecule has 4 nitrogen and oxygen atoms in total. The molecule has 3 aromatic rings. The lowest BCUT2D eigenvalue weighted by Gasteiger charge is -2.29. The van der Waals surface area contributed by atoms with Crippen LogP contribution in [-0.2, 0) is 10.2 Å². The molecule has 1 amide bonds. The minimum Gasteiger partial charge on any atom is -0.508 e. The standard InChI is InChI=1S/C21H17NO3S/c1-13-2-11-19-18(12-13)21(20(24)22-19,14-3-7-16(23)8-4-14)15-5-9-17(25-26)10-6-15/h2-12,23,26H,1H3,(H,22,24). The fraction of sp³-hybridized carbons (Fsp3) is 0.0952. The monoisotopic (exact) mass is 363 g/mol. The third-order valence-corrected chi connectivity index (χ3v) is 5.07. The maximum Gasteiger partial charge on any atom is 0.244 e. The van der Waals surface area contributed by atoms with Crippen LogP contribution in [0.15, 0.2) is 66.7 Å². The Morgan fingerprint density at radius 2 is 1.58 bits per heavy atom. The second-order valence-electron chi connectivity index (χ2n) is 6.42. The van der Waals surface area contributed by atoms with Crippen LogP contribution in [0.4, 0.5) is 5.69 Å². The molecule has 0 bridgehead atoms. The number of carbonyl (C=O) groups excluding carboxylic acids is 1. The van der Waals surface area contributed by atoms with E-state index in [9.17, 15) is 9.90 Å². The van der Waals surface area contributed by atoms with Crippen LogP contribution in [0.2, 0.25) is 0 Å². The Morgan fingerprint density at radius 1 is 0.962 bits per heavy atom. The number of amides is 1. The first-order valence-corrected chi connectivity index (χ1v) is 8.56. The minimum absolute atomic E-state index is 0.122. The van der Waals surface area contributed by atoms with Crippen LogP contribution in [0.25, 0.3) is 0 Å². The summed E-state index contributed by atoms with van der Waals surface area (Å²) in [6, 6.07) is 20.0. The van der Waals surface area contributed by atoms with Crippen molar-refractivity contribution in [1.29, 1.82) is 0 Å². The fourth-order valence-corrected chi connectivity index (χ4v) is 3.75. The van der Waals surface area contributed by atoms with Gasteiger partial charge in [0.1, 0.15) is 16.9 Å². The molecule has 1 atom stereocenters. The highest BCUT2D eigenvalue weighted by Gasteiger charge is 2.49. The Kier molecular flexibility index (Phi) is 3.89. The van der Waals surface area contributed by atoms with Crippen LogP contribution in [0.5, 0.6) is 11.5 Å². The van der Waals surface area contributed by atoms with Crippen molar-refractivity contribution in [2.45, 2.75) is 12.3 Å². The molecule has 4 rings (SSSR count). The molecule has 130 valence electrons. The van der Waals surface area contributed by atoms with Gasteiger partial charge in [-0.2, -0.15) is 0 Å². The number of thiol groups is 1. The maximum atomic E-state index is 13.3. The van der Waals surface area contributed by atoms with Gasteiger partial charge in [-0.15, -0.1) is 0 Å². The van der Waals surface area contributed by atoms with E-state index in [1.54, 1.807) is 36.4 Å². The molecule has 0 saturated carbocycles. The van der Waals surface area contributed by atoms with Gasteiger partial charge in [0.25, 0.3) is 0 Å². The summed E-state index contributed by atoms with van der Waals surface area (Å²) in [5.74, 6) is 0.634. The molecule has 1 unspecified atom stereocenters. The van der Waals surface area contributed by atoms with Crippen LogP contribution < -0.4 is 9.50 Å². The first-order valence-electron chi connectivity index (χ1n) is 8.20. The zero-order valence-electron chi connectivity index (χ0n) is 14.1. The number of rotatable bonds is 3. The van der Waals surface area contributed by atoms with Gasteiger partial charge in [-0.25, -0.2) is 0 Å². The van der Waals surface area contributed by atoms with Gasteiger partial charge in [0.2, 0.25) is 5.91 Å². The fourth-order valence-electron chi connectivity index (χ4n) is 3.63. The molecule has 0 aliphatic carbocycles. The number of hydrogen-bond donors (Lipinski definition) is 3. The molecule has 0 aromatic heterocycles. The van der Waals surface area contributed by atoms with Crippen molar-refractivity contribution in [3.05, 3.63) is 89.0 Å². The van der Waals surface area contributed by atoms with Gasteiger partial charge in [0.05, 0.1) is 0 Å². The lowest BCUT2D eigenvalue weighted by molar-refractivity contribution is -0.118. The highest BCUT2D eigenvalue weighted by Crippen LogP contribution is 2.48. The molecule has 0 fully saturated rings. The van der Waals surface area contributed by atoms with E-state index in [1.807, 2.05) is 37.3 Å². The van der Waals surface area contributed by atoms with E-state index in [0.29, 0.717) is 5.75 Å². The molecular formula is C21H17NO3S. The Balaban J connectivity index is 2.04. The summed E-state index contributed by atoms with van der Waals surface area (Å²) < 4.78 is 4.96. The average Bonchev–Trinajstić information content (AvgIpc) is 2.94. The molecule has 1 aliphatic heterocycles. The second-order valence-corrected chi connectivity index (χ2v) is 6.60. The highest BCUT2D eigenvalue weighted by atomic mass is 32.1. The molecule has 0 radical (unpaired) electrons. The summed E-state index contributed by atoms with van der Waals surface area (Å²) in [6.45, 7) is 2.00. The number of nitrogens with one attached hydrogen (secondary N) is 1. The SMILES string of the molecule is Cc1ccc2c(c1)C(c1ccc(O)cc1)(c1ccc(OS)cc1)C(=O)N2. The number of anilines is 1. The topological polar surface area (TPSA) is 58.6 Å². The molecule has 5 heteroatoms. The predicted octanol–water partition coefficient (Wildman–Crippen LogP) is 4.21. The van der Waals surface area contributed by atoms with Crippen molar-refractivity contribution >= 4 is 24.5 Å². The van der Waals surface area contributed by atoms with Gasteiger partial charge in [0.15, 0.2) is 0 Å². The van der Waals surface area contributed by atoms with Crippen LogP contribution in [0.1, 0.15) is 22.3 Å². The zero-order chi connectivity index (χ0) is 18.3. The number of phenols is 1. The van der Waals surface area contributed by atoms with Crippen molar-refractivity contribution < 1.29 is 14.1 Å². The summed E-state index contributed by atoms with van der Waals surface area (Å²) in [7, 11) is 0. The molecule has 26 heavy (non-hydrogen) atoms. The van der Waals surface area contributed by atoms with Crippen molar-refractivity contribution in [2.24, 2.45) is 0 Å². The molecule has 3 aromatic carbocycles. The second kappa shape index (κ2) is 6.11. The Morgan fingerprint density at radius 3 is 2.19 bits per heavy atom. The normalized spacial score (nSPS) is 18.3. The summed E-state index contributed by atoms with van der Waals surface area (Å²) in [5.41, 5.74) is 3.37. The van der Waals surface area contributed by atoms with Crippen molar-refractivity contribution in [1.82, 2.24) is 0 Å². The largest absolute Gasteiger partial charge is 0.508 e. The van der Waals surface area contributed by atoms with Gasteiger partial charge >= 0.3 is 0 Å².